The highest BCUT2D eigenvalue weighted by atomic mass is 79.9. The second-order valence-electron chi connectivity index (χ2n) is 1.86. The van der Waals surface area contributed by atoms with Crippen LogP contribution >= 0.6 is 15.9 Å². The molecule has 58 valence electrons. The van der Waals surface area contributed by atoms with Crippen molar-refractivity contribution in [1.82, 2.24) is 0 Å². The normalized spacial score (nSPS) is 11.3. The number of carbonyl (C=O) groups is 1. The summed E-state index contributed by atoms with van der Waals surface area (Å²) >= 11 is 3.25. The van der Waals surface area contributed by atoms with Crippen molar-refractivity contribution in [3.63, 3.8) is 0 Å². The SMILES string of the molecule is COC(=O)/C(C)=C/CCBr. The van der Waals surface area contributed by atoms with Crippen LogP contribution in [-0.4, -0.2) is 18.4 Å². The highest BCUT2D eigenvalue weighted by Crippen LogP contribution is 1.99. The van der Waals surface area contributed by atoms with Gasteiger partial charge in [-0.2, -0.15) is 0 Å². The number of methoxy groups -OCH3 is 1. The number of esters is 1. The third-order valence-electron chi connectivity index (χ3n) is 1.07. The third kappa shape index (κ3) is 3.67. The molecule has 0 heterocycles. The number of ether oxygens (including phenoxy) is 1. The van der Waals surface area contributed by atoms with Crippen LogP contribution in [0.5, 0.6) is 0 Å². The van der Waals surface area contributed by atoms with E-state index in [-0.39, 0.29) is 5.97 Å². The summed E-state index contributed by atoms with van der Waals surface area (Å²) < 4.78 is 4.49. The van der Waals surface area contributed by atoms with Crippen LogP contribution in [0.4, 0.5) is 0 Å². The number of carbonyl (C=O) groups excluding carboxylic acids is 1. The Hall–Kier alpha value is -0.310. The topological polar surface area (TPSA) is 26.3 Å². The molecule has 0 saturated heterocycles. The fraction of sp³-hybridized carbons (Fsp3) is 0.571. The summed E-state index contributed by atoms with van der Waals surface area (Å²) in [5.74, 6) is -0.249. The van der Waals surface area contributed by atoms with Gasteiger partial charge in [-0.25, -0.2) is 4.79 Å². The zero-order valence-electron chi connectivity index (χ0n) is 6.19. The lowest BCUT2D eigenvalue weighted by atomic mass is 10.2. The van der Waals surface area contributed by atoms with Gasteiger partial charge in [-0.15, -0.1) is 0 Å². The molecule has 2 nitrogen and oxygen atoms in total. The van der Waals surface area contributed by atoms with Gasteiger partial charge in [-0.05, 0) is 13.3 Å². The summed E-state index contributed by atoms with van der Waals surface area (Å²) in [6.07, 6.45) is 2.71. The molecule has 0 aliphatic carbocycles. The van der Waals surface area contributed by atoms with E-state index in [0.29, 0.717) is 5.57 Å². The lowest BCUT2D eigenvalue weighted by Gasteiger charge is -1.96. The summed E-state index contributed by atoms with van der Waals surface area (Å²) in [4.78, 5) is 10.7. The van der Waals surface area contributed by atoms with Crippen molar-refractivity contribution >= 4 is 21.9 Å². The predicted octanol–water partition coefficient (Wildman–Crippen LogP) is 1.89. The summed E-state index contributed by atoms with van der Waals surface area (Å²) in [6.45, 7) is 1.74. The quantitative estimate of drug-likeness (QED) is 0.401. The van der Waals surface area contributed by atoms with Crippen molar-refractivity contribution in [2.45, 2.75) is 13.3 Å². The summed E-state index contributed by atoms with van der Waals surface area (Å²) in [5, 5.41) is 0.876. The van der Waals surface area contributed by atoms with Gasteiger partial charge in [0.25, 0.3) is 0 Å². The van der Waals surface area contributed by atoms with E-state index < -0.39 is 0 Å². The van der Waals surface area contributed by atoms with E-state index in [0.717, 1.165) is 11.8 Å². The van der Waals surface area contributed by atoms with Crippen molar-refractivity contribution in [2.24, 2.45) is 0 Å². The smallest absolute Gasteiger partial charge is 0.333 e. The van der Waals surface area contributed by atoms with Crippen molar-refractivity contribution in [3.8, 4) is 0 Å². The Balaban J connectivity index is 3.80. The Morgan fingerprint density at radius 3 is 2.70 bits per heavy atom. The Morgan fingerprint density at radius 2 is 2.30 bits per heavy atom. The first-order valence-electron chi connectivity index (χ1n) is 3.03. The van der Waals surface area contributed by atoms with Crippen molar-refractivity contribution in [1.29, 1.82) is 0 Å². The molecule has 0 radical (unpaired) electrons. The van der Waals surface area contributed by atoms with Crippen molar-refractivity contribution < 1.29 is 9.53 Å². The number of rotatable bonds is 3. The molecule has 0 amide bonds. The van der Waals surface area contributed by atoms with Crippen LogP contribution in [0.2, 0.25) is 0 Å². The number of hydrogen-bond acceptors (Lipinski definition) is 2. The minimum Gasteiger partial charge on any atom is -0.466 e. The van der Waals surface area contributed by atoms with Crippen LogP contribution in [0, 0.1) is 0 Å². The molecule has 0 saturated carbocycles. The van der Waals surface area contributed by atoms with E-state index in [1.807, 2.05) is 6.08 Å². The minimum atomic E-state index is -0.249. The van der Waals surface area contributed by atoms with E-state index in [9.17, 15) is 4.79 Å². The molecule has 0 bridgehead atoms. The summed E-state index contributed by atoms with van der Waals surface area (Å²) in [7, 11) is 1.38. The highest BCUT2D eigenvalue weighted by molar-refractivity contribution is 9.09. The predicted molar refractivity (Wildman–Crippen MR) is 44.2 cm³/mol. The molecule has 0 aliphatic heterocycles. The van der Waals surface area contributed by atoms with E-state index in [1.54, 1.807) is 6.92 Å². The van der Waals surface area contributed by atoms with Gasteiger partial charge in [-0.3, -0.25) is 0 Å². The fourth-order valence-corrected chi connectivity index (χ4v) is 0.744. The van der Waals surface area contributed by atoms with Gasteiger partial charge in [0.05, 0.1) is 7.11 Å². The van der Waals surface area contributed by atoms with Crippen LogP contribution in [0.1, 0.15) is 13.3 Å². The van der Waals surface area contributed by atoms with E-state index >= 15 is 0 Å². The Labute approximate surface area is 69.4 Å². The van der Waals surface area contributed by atoms with Gasteiger partial charge in [0.1, 0.15) is 0 Å². The average Bonchev–Trinajstić information content (AvgIpc) is 1.98. The van der Waals surface area contributed by atoms with Crippen LogP contribution in [0.25, 0.3) is 0 Å². The molecule has 0 unspecified atom stereocenters. The molecule has 3 heteroatoms. The second-order valence-corrected chi connectivity index (χ2v) is 2.65. The van der Waals surface area contributed by atoms with Gasteiger partial charge in [0, 0.05) is 10.9 Å². The molecule has 0 atom stereocenters. The van der Waals surface area contributed by atoms with Crippen molar-refractivity contribution in [3.05, 3.63) is 11.6 Å². The zero-order chi connectivity index (χ0) is 7.98. The van der Waals surface area contributed by atoms with E-state index in [1.165, 1.54) is 7.11 Å². The Morgan fingerprint density at radius 1 is 1.70 bits per heavy atom. The summed E-state index contributed by atoms with van der Waals surface area (Å²) in [6, 6.07) is 0. The van der Waals surface area contributed by atoms with Crippen LogP contribution in [0.3, 0.4) is 0 Å². The Bertz CT molecular complexity index is 141. The van der Waals surface area contributed by atoms with Gasteiger partial charge in [0.15, 0.2) is 0 Å². The minimum absolute atomic E-state index is 0.249. The molecule has 10 heavy (non-hydrogen) atoms. The molecule has 0 N–H and O–H groups in total. The first-order chi connectivity index (χ1) is 4.72. The molecular weight excluding hydrogens is 196 g/mol. The second kappa shape index (κ2) is 5.47. The molecule has 0 aliphatic rings. The maximum atomic E-state index is 10.7. The standard InChI is InChI=1S/C7H11BrO2/c1-6(4-3-5-8)7(9)10-2/h4H,3,5H2,1-2H3/b6-4+. The van der Waals surface area contributed by atoms with Gasteiger partial charge >= 0.3 is 5.97 Å². The van der Waals surface area contributed by atoms with Crippen LogP contribution < -0.4 is 0 Å². The van der Waals surface area contributed by atoms with Crippen LogP contribution in [0.15, 0.2) is 11.6 Å². The highest BCUT2D eigenvalue weighted by Gasteiger charge is 2.00. The Kier molecular flexibility index (Phi) is 5.30. The molecule has 0 spiro atoms. The first-order valence-corrected chi connectivity index (χ1v) is 4.15. The average molecular weight is 207 g/mol. The largest absolute Gasteiger partial charge is 0.466 e. The number of halogens is 1. The van der Waals surface area contributed by atoms with E-state index in [2.05, 4.69) is 20.7 Å². The molecular formula is C7H11BrO2. The number of hydrogen-bond donors (Lipinski definition) is 0. The molecule has 0 aromatic rings. The lowest BCUT2D eigenvalue weighted by Crippen LogP contribution is -2.01. The maximum absolute atomic E-state index is 10.7. The van der Waals surface area contributed by atoms with Crippen LogP contribution in [-0.2, 0) is 9.53 Å². The molecule has 0 rings (SSSR count). The molecule has 0 fully saturated rings. The fourth-order valence-electron chi connectivity index (χ4n) is 0.515. The maximum Gasteiger partial charge on any atom is 0.333 e. The first kappa shape index (κ1) is 9.69. The number of allylic oxidation sites excluding steroid dienone is 1. The third-order valence-corrected chi connectivity index (χ3v) is 1.52. The van der Waals surface area contributed by atoms with Crippen molar-refractivity contribution in [2.75, 3.05) is 12.4 Å². The van der Waals surface area contributed by atoms with Gasteiger partial charge in [-0.1, -0.05) is 22.0 Å². The van der Waals surface area contributed by atoms with E-state index in [4.69, 9.17) is 0 Å². The lowest BCUT2D eigenvalue weighted by molar-refractivity contribution is -0.136. The monoisotopic (exact) mass is 206 g/mol. The number of alkyl halides is 1. The van der Waals surface area contributed by atoms with Gasteiger partial charge in [0.2, 0.25) is 0 Å². The molecule has 0 aromatic carbocycles. The summed E-state index contributed by atoms with van der Waals surface area (Å²) in [5.41, 5.74) is 0.668. The zero-order valence-corrected chi connectivity index (χ0v) is 7.77. The molecule has 0 aromatic heterocycles. The van der Waals surface area contributed by atoms with Gasteiger partial charge < -0.3 is 4.74 Å².